The smallest absolute Gasteiger partial charge is 0.243 e. The van der Waals surface area contributed by atoms with Gasteiger partial charge in [0.05, 0.1) is 6.04 Å². The molecule has 11 heteroatoms. The summed E-state index contributed by atoms with van der Waals surface area (Å²) >= 11 is 0. The predicted molar refractivity (Wildman–Crippen MR) is 171 cm³/mol. The fourth-order valence-corrected chi connectivity index (χ4v) is 5.57. The van der Waals surface area contributed by atoms with Crippen LogP contribution in [-0.2, 0) is 37.4 Å². The number of nitrogens with zero attached hydrogens (tertiary/aromatic N) is 2. The predicted octanol–water partition coefficient (Wildman–Crippen LogP) is 2.79. The molecule has 1 fully saturated rings. The van der Waals surface area contributed by atoms with Crippen LogP contribution in [0.15, 0.2) is 42.5 Å². The van der Waals surface area contributed by atoms with Crippen LogP contribution in [0.1, 0.15) is 70.1 Å². The van der Waals surface area contributed by atoms with Crippen molar-refractivity contribution in [3.05, 3.63) is 65.0 Å². The summed E-state index contributed by atoms with van der Waals surface area (Å²) < 4.78 is 13.4. The Kier molecular flexibility index (Phi) is 12.5. The van der Waals surface area contributed by atoms with Crippen molar-refractivity contribution < 1.29 is 28.7 Å². The van der Waals surface area contributed by atoms with Crippen LogP contribution in [0.5, 0.6) is 5.75 Å². The Morgan fingerprint density at radius 3 is 2.33 bits per heavy atom. The Hall–Kier alpha value is -3.99. The van der Waals surface area contributed by atoms with E-state index in [2.05, 4.69) is 10.6 Å². The highest BCUT2D eigenvalue weighted by atomic mass is 19.1. The first-order chi connectivity index (χ1) is 21.2. The maximum absolute atomic E-state index is 13.9. The summed E-state index contributed by atoms with van der Waals surface area (Å²) in [6.45, 7) is 8.74. The number of carbonyl (C=O) groups is 4. The van der Waals surface area contributed by atoms with Crippen molar-refractivity contribution >= 4 is 23.6 Å². The third kappa shape index (κ3) is 10.3. The summed E-state index contributed by atoms with van der Waals surface area (Å²) in [4.78, 5) is 56.1. The number of halogens is 1. The van der Waals surface area contributed by atoms with Crippen molar-refractivity contribution in [3.8, 4) is 5.75 Å². The molecule has 0 aliphatic carbocycles. The minimum atomic E-state index is -0.971. The zero-order valence-electron chi connectivity index (χ0n) is 27.1. The number of phenols is 1. The molecule has 0 radical (unpaired) electrons. The molecule has 3 atom stereocenters. The zero-order chi connectivity index (χ0) is 33.3. The molecule has 10 nitrogen and oxygen atoms in total. The van der Waals surface area contributed by atoms with Gasteiger partial charge >= 0.3 is 0 Å². The molecule has 1 aliphatic heterocycles. The van der Waals surface area contributed by atoms with E-state index in [1.807, 2.05) is 26.8 Å². The maximum atomic E-state index is 13.9. The average molecular weight is 626 g/mol. The van der Waals surface area contributed by atoms with Gasteiger partial charge in [-0.3, -0.25) is 19.2 Å². The summed E-state index contributed by atoms with van der Waals surface area (Å²) in [5.41, 5.74) is 8.08. The van der Waals surface area contributed by atoms with Gasteiger partial charge in [0.15, 0.2) is 0 Å². The number of likely N-dealkylation sites (N-methyl/N-ethyl adjacent to an activating group) is 1. The number of phenolic OH excluding ortho intramolecular Hbond substituents is 1. The Labute approximate surface area is 265 Å². The van der Waals surface area contributed by atoms with Gasteiger partial charge in [-0.25, -0.2) is 4.39 Å². The summed E-state index contributed by atoms with van der Waals surface area (Å²) in [6, 6.07) is 8.03. The largest absolute Gasteiger partial charge is 0.508 e. The van der Waals surface area contributed by atoms with Gasteiger partial charge in [-0.1, -0.05) is 45.0 Å². The van der Waals surface area contributed by atoms with E-state index in [4.69, 9.17) is 5.73 Å². The van der Waals surface area contributed by atoms with E-state index >= 15 is 0 Å². The van der Waals surface area contributed by atoms with Crippen LogP contribution < -0.4 is 16.4 Å². The van der Waals surface area contributed by atoms with Gasteiger partial charge in [0.2, 0.25) is 23.6 Å². The second kappa shape index (κ2) is 15.8. The SMILES string of the molecule is CC(=O)N1CCCC[C@H](N(C)C(=O)[C@@H](N)Cc2ccc(F)cc2)C(=O)NC(Cc2ccc(O)c(C(C)(C)C)c2)C(=O)NCCC1. The zero-order valence-corrected chi connectivity index (χ0v) is 27.1. The molecule has 0 saturated carbocycles. The summed E-state index contributed by atoms with van der Waals surface area (Å²) in [7, 11) is 1.52. The van der Waals surface area contributed by atoms with Gasteiger partial charge in [-0.15, -0.1) is 0 Å². The normalized spacial score (nSPS) is 19.6. The highest BCUT2D eigenvalue weighted by molar-refractivity contribution is 5.93. The fraction of sp³-hybridized carbons (Fsp3) is 0.529. The lowest BCUT2D eigenvalue weighted by molar-refractivity contribution is -0.141. The molecule has 1 aliphatic rings. The first-order valence-corrected chi connectivity index (χ1v) is 15.6. The molecule has 1 unspecified atom stereocenters. The molecule has 45 heavy (non-hydrogen) atoms. The molecule has 1 heterocycles. The van der Waals surface area contributed by atoms with Gasteiger partial charge < -0.3 is 31.3 Å². The Balaban J connectivity index is 1.88. The Morgan fingerprint density at radius 2 is 1.69 bits per heavy atom. The van der Waals surface area contributed by atoms with E-state index in [1.54, 1.807) is 29.2 Å². The number of rotatable bonds is 6. The standard InChI is InChI=1S/C34H48FN5O5/c1-22(41)40-17-7-6-9-29(39(5)33(45)27(36)20-23-10-13-25(35)14-11-23)32(44)38-28(31(43)37-16-8-18-40)21-24-12-15-30(42)26(19-24)34(2,3)4/h10-15,19,27-29,42H,6-9,16-18,20-21,36H2,1-5H3,(H,37,43)(H,38,44)/t27-,28?,29-/m0/s1. The summed E-state index contributed by atoms with van der Waals surface area (Å²) in [5.74, 6) is -1.65. The minimum Gasteiger partial charge on any atom is -0.508 e. The van der Waals surface area contributed by atoms with Gasteiger partial charge in [0.25, 0.3) is 0 Å². The van der Waals surface area contributed by atoms with Crippen LogP contribution in [0.2, 0.25) is 0 Å². The van der Waals surface area contributed by atoms with Gasteiger partial charge in [-0.05, 0) is 72.4 Å². The molecular weight excluding hydrogens is 577 g/mol. The third-order valence-corrected chi connectivity index (χ3v) is 8.25. The number of carbonyl (C=O) groups excluding carboxylic acids is 4. The van der Waals surface area contributed by atoms with Crippen molar-refractivity contribution in [2.24, 2.45) is 5.73 Å². The first-order valence-electron chi connectivity index (χ1n) is 15.6. The Morgan fingerprint density at radius 1 is 1.04 bits per heavy atom. The number of aromatic hydroxyl groups is 1. The molecule has 0 aromatic heterocycles. The van der Waals surface area contributed by atoms with Crippen LogP contribution in [0.4, 0.5) is 4.39 Å². The average Bonchev–Trinajstić information content (AvgIpc) is 2.97. The van der Waals surface area contributed by atoms with Crippen LogP contribution in [0, 0.1) is 5.82 Å². The maximum Gasteiger partial charge on any atom is 0.243 e. The van der Waals surface area contributed by atoms with Crippen molar-refractivity contribution in [2.45, 2.75) is 89.8 Å². The van der Waals surface area contributed by atoms with E-state index in [9.17, 15) is 28.7 Å². The molecule has 4 amide bonds. The van der Waals surface area contributed by atoms with E-state index in [0.717, 1.165) is 11.1 Å². The van der Waals surface area contributed by atoms with Crippen LogP contribution >= 0.6 is 0 Å². The number of benzene rings is 2. The van der Waals surface area contributed by atoms with Crippen molar-refractivity contribution in [3.63, 3.8) is 0 Å². The number of amides is 4. The molecule has 5 N–H and O–H groups in total. The lowest BCUT2D eigenvalue weighted by Crippen LogP contribution is -2.57. The van der Waals surface area contributed by atoms with E-state index < -0.39 is 35.8 Å². The summed E-state index contributed by atoms with van der Waals surface area (Å²) in [6.07, 6.45) is 2.36. The molecular formula is C34H48FN5O5. The lowest BCUT2D eigenvalue weighted by atomic mass is 9.84. The molecule has 1 saturated heterocycles. The quantitative estimate of drug-likeness (QED) is 0.389. The van der Waals surface area contributed by atoms with Crippen molar-refractivity contribution in [2.75, 3.05) is 26.7 Å². The van der Waals surface area contributed by atoms with Crippen molar-refractivity contribution in [1.29, 1.82) is 0 Å². The molecule has 0 spiro atoms. The highest BCUT2D eigenvalue weighted by Crippen LogP contribution is 2.31. The van der Waals surface area contributed by atoms with E-state index in [1.165, 1.54) is 31.0 Å². The Bertz CT molecular complexity index is 1340. The first kappa shape index (κ1) is 35.5. The number of hydrogen-bond acceptors (Lipinski definition) is 6. The van der Waals surface area contributed by atoms with Gasteiger partial charge in [0.1, 0.15) is 23.7 Å². The van der Waals surface area contributed by atoms with Crippen LogP contribution in [-0.4, -0.2) is 83.3 Å². The number of hydrogen-bond donors (Lipinski definition) is 4. The fourth-order valence-electron chi connectivity index (χ4n) is 5.57. The second-order valence-corrected chi connectivity index (χ2v) is 12.9. The molecule has 246 valence electrons. The minimum absolute atomic E-state index is 0.0679. The second-order valence-electron chi connectivity index (χ2n) is 12.9. The van der Waals surface area contributed by atoms with Crippen molar-refractivity contribution in [1.82, 2.24) is 20.4 Å². The number of nitrogens with two attached hydrogens (primary N) is 1. The summed E-state index contributed by atoms with van der Waals surface area (Å²) in [5, 5.41) is 16.2. The molecule has 2 aromatic rings. The van der Waals surface area contributed by atoms with E-state index in [-0.39, 0.29) is 35.8 Å². The van der Waals surface area contributed by atoms with Gasteiger partial charge in [-0.2, -0.15) is 0 Å². The molecule has 0 bridgehead atoms. The monoisotopic (exact) mass is 625 g/mol. The van der Waals surface area contributed by atoms with Crippen LogP contribution in [0.25, 0.3) is 0 Å². The highest BCUT2D eigenvalue weighted by Gasteiger charge is 2.33. The van der Waals surface area contributed by atoms with Gasteiger partial charge in [0, 0.05) is 40.0 Å². The topological polar surface area (TPSA) is 145 Å². The molecule has 2 aromatic carbocycles. The van der Waals surface area contributed by atoms with Crippen LogP contribution in [0.3, 0.4) is 0 Å². The lowest BCUT2D eigenvalue weighted by Gasteiger charge is -2.31. The van der Waals surface area contributed by atoms with E-state index in [0.29, 0.717) is 50.9 Å². The molecule has 3 rings (SSSR count). The third-order valence-electron chi connectivity index (χ3n) is 8.25. The number of nitrogens with one attached hydrogen (secondary N) is 2.